The Kier molecular flexibility index (Phi) is 3.43. The molecule has 1 heterocycles. The van der Waals surface area contributed by atoms with Crippen molar-refractivity contribution < 1.29 is 22.8 Å². The van der Waals surface area contributed by atoms with Crippen molar-refractivity contribution in [3.05, 3.63) is 29.6 Å². The van der Waals surface area contributed by atoms with Gasteiger partial charge in [-0.2, -0.15) is 13.2 Å². The summed E-state index contributed by atoms with van der Waals surface area (Å²) in [4.78, 5) is 24.9. The van der Waals surface area contributed by atoms with Crippen LogP contribution in [0.3, 0.4) is 0 Å². The third kappa shape index (κ3) is 2.89. The number of amides is 2. The maximum Gasteiger partial charge on any atom is 0.417 e. The van der Waals surface area contributed by atoms with E-state index in [9.17, 15) is 22.8 Å². The van der Waals surface area contributed by atoms with Gasteiger partial charge >= 0.3 is 6.18 Å². The number of aromatic nitrogens is 1. The molecule has 0 saturated carbocycles. The van der Waals surface area contributed by atoms with E-state index in [-0.39, 0.29) is 0 Å². The molecule has 0 aliphatic carbocycles. The zero-order valence-electron chi connectivity index (χ0n) is 7.54. The SMILES string of the molecule is O=C([S-])NC(=O)c1cnccc1C(F)(F)F. The summed E-state index contributed by atoms with van der Waals surface area (Å²) in [5.74, 6) is -1.22. The number of rotatable bonds is 1. The van der Waals surface area contributed by atoms with Gasteiger partial charge in [0.05, 0.1) is 11.1 Å². The van der Waals surface area contributed by atoms with Gasteiger partial charge < -0.3 is 22.7 Å². The molecule has 1 N–H and O–H groups in total. The molecule has 0 spiro atoms. The molecule has 0 radical (unpaired) electrons. The van der Waals surface area contributed by atoms with Crippen molar-refractivity contribution >= 4 is 23.8 Å². The monoisotopic (exact) mass is 249 g/mol. The Hall–Kier alpha value is -1.70. The van der Waals surface area contributed by atoms with Gasteiger partial charge in [0.15, 0.2) is 0 Å². The molecule has 0 aliphatic heterocycles. The highest BCUT2D eigenvalue weighted by Gasteiger charge is 2.35. The van der Waals surface area contributed by atoms with E-state index in [0.29, 0.717) is 6.07 Å². The van der Waals surface area contributed by atoms with Gasteiger partial charge in [0.1, 0.15) is 5.24 Å². The minimum Gasteiger partial charge on any atom is -0.719 e. The van der Waals surface area contributed by atoms with E-state index in [1.165, 1.54) is 0 Å². The van der Waals surface area contributed by atoms with E-state index < -0.39 is 28.4 Å². The third-order valence-corrected chi connectivity index (χ3v) is 1.69. The maximum absolute atomic E-state index is 12.4. The van der Waals surface area contributed by atoms with Crippen LogP contribution in [0.4, 0.5) is 18.0 Å². The molecular formula is C8H4F3N2O2S-. The van der Waals surface area contributed by atoms with E-state index >= 15 is 0 Å². The van der Waals surface area contributed by atoms with E-state index in [0.717, 1.165) is 12.4 Å². The number of hydrogen-bond acceptors (Lipinski definition) is 4. The molecule has 0 bridgehead atoms. The Morgan fingerprint density at radius 3 is 2.50 bits per heavy atom. The normalized spacial score (nSPS) is 10.9. The van der Waals surface area contributed by atoms with Crippen molar-refractivity contribution in [2.75, 3.05) is 0 Å². The molecule has 4 nitrogen and oxygen atoms in total. The molecule has 86 valence electrons. The highest BCUT2D eigenvalue weighted by Crippen LogP contribution is 2.31. The lowest BCUT2D eigenvalue weighted by Gasteiger charge is -2.12. The van der Waals surface area contributed by atoms with E-state index in [1.54, 1.807) is 5.32 Å². The fourth-order valence-corrected chi connectivity index (χ4v) is 1.08. The first-order valence-electron chi connectivity index (χ1n) is 3.86. The summed E-state index contributed by atoms with van der Waals surface area (Å²) < 4.78 is 37.3. The average molecular weight is 249 g/mol. The van der Waals surface area contributed by atoms with Gasteiger partial charge in [0.25, 0.3) is 5.91 Å². The molecular weight excluding hydrogens is 245 g/mol. The Morgan fingerprint density at radius 2 is 2.00 bits per heavy atom. The van der Waals surface area contributed by atoms with E-state index in [4.69, 9.17) is 0 Å². The standard InChI is InChI=1S/C8H5F3N2O2S/c9-8(10,11)5-1-2-12-3-4(5)6(14)13-7(15)16/h1-3H,(H2,13,14,15,16)/p-1. The molecule has 1 aromatic heterocycles. The lowest BCUT2D eigenvalue weighted by molar-refractivity contribution is -0.138. The fraction of sp³-hybridized carbons (Fsp3) is 0.125. The zero-order valence-corrected chi connectivity index (χ0v) is 8.35. The summed E-state index contributed by atoms with van der Waals surface area (Å²) in [7, 11) is 0. The second kappa shape index (κ2) is 4.44. The van der Waals surface area contributed by atoms with Crippen LogP contribution in [0.15, 0.2) is 18.5 Å². The number of pyridine rings is 1. The predicted octanol–water partition coefficient (Wildman–Crippen LogP) is 1.50. The highest BCUT2D eigenvalue weighted by molar-refractivity contribution is 7.77. The Labute approximate surface area is 93.3 Å². The van der Waals surface area contributed by atoms with Crippen LogP contribution in [0, 0.1) is 0 Å². The van der Waals surface area contributed by atoms with Crippen LogP contribution in [0.5, 0.6) is 0 Å². The second-order valence-electron chi connectivity index (χ2n) is 2.66. The van der Waals surface area contributed by atoms with Crippen molar-refractivity contribution in [1.29, 1.82) is 0 Å². The van der Waals surface area contributed by atoms with Gasteiger partial charge in [-0.15, -0.1) is 0 Å². The molecule has 0 unspecified atom stereocenters. The molecule has 16 heavy (non-hydrogen) atoms. The Balaban J connectivity index is 3.14. The molecule has 0 fully saturated rings. The summed E-state index contributed by atoms with van der Waals surface area (Å²) in [6, 6.07) is 0.642. The first kappa shape index (κ1) is 12.4. The predicted molar refractivity (Wildman–Crippen MR) is 49.5 cm³/mol. The lowest BCUT2D eigenvalue weighted by Crippen LogP contribution is -2.29. The minimum atomic E-state index is -4.69. The molecule has 8 heteroatoms. The summed E-state index contributed by atoms with van der Waals surface area (Å²) >= 11 is 4.02. The molecule has 0 aromatic carbocycles. The van der Waals surface area contributed by atoms with Gasteiger partial charge in [-0.05, 0) is 6.07 Å². The largest absolute Gasteiger partial charge is 0.719 e. The van der Waals surface area contributed by atoms with E-state index in [2.05, 4.69) is 17.6 Å². The molecule has 0 atom stereocenters. The number of halogens is 3. The van der Waals surface area contributed by atoms with Crippen molar-refractivity contribution in [2.24, 2.45) is 0 Å². The van der Waals surface area contributed by atoms with Crippen LogP contribution in [0.25, 0.3) is 0 Å². The summed E-state index contributed by atoms with van der Waals surface area (Å²) in [5.41, 5.74) is -1.91. The van der Waals surface area contributed by atoms with Gasteiger partial charge in [-0.25, -0.2) is 0 Å². The molecule has 2 amide bonds. The first-order valence-corrected chi connectivity index (χ1v) is 4.26. The highest BCUT2D eigenvalue weighted by atomic mass is 32.1. The van der Waals surface area contributed by atoms with Gasteiger partial charge in [-0.3, -0.25) is 9.78 Å². The fourth-order valence-electron chi connectivity index (χ4n) is 0.983. The number of imide groups is 1. The Bertz CT molecular complexity index is 434. The van der Waals surface area contributed by atoms with Crippen LogP contribution in [-0.4, -0.2) is 16.1 Å². The average Bonchev–Trinajstić information content (AvgIpc) is 2.15. The topological polar surface area (TPSA) is 59.1 Å². The van der Waals surface area contributed by atoms with Crippen molar-refractivity contribution in [1.82, 2.24) is 10.3 Å². The summed E-state index contributed by atoms with van der Waals surface area (Å²) in [5, 5.41) is 0.418. The lowest BCUT2D eigenvalue weighted by atomic mass is 10.1. The molecule has 1 aromatic rings. The molecule has 0 aliphatic rings. The first-order chi connectivity index (χ1) is 7.32. The quantitative estimate of drug-likeness (QED) is 0.766. The number of hydrogen-bond donors (Lipinski definition) is 1. The van der Waals surface area contributed by atoms with Crippen molar-refractivity contribution in [3.8, 4) is 0 Å². The molecule has 1 rings (SSSR count). The molecule has 0 saturated heterocycles. The second-order valence-corrected chi connectivity index (χ2v) is 3.03. The minimum absolute atomic E-state index is 0.642. The maximum atomic E-state index is 12.4. The number of alkyl halides is 3. The van der Waals surface area contributed by atoms with Crippen LogP contribution in [0.2, 0.25) is 0 Å². The van der Waals surface area contributed by atoms with E-state index in [1.807, 2.05) is 0 Å². The number of nitrogens with one attached hydrogen (secondary N) is 1. The van der Waals surface area contributed by atoms with Crippen LogP contribution < -0.4 is 5.32 Å². The van der Waals surface area contributed by atoms with Crippen molar-refractivity contribution in [2.45, 2.75) is 6.18 Å². The zero-order chi connectivity index (χ0) is 12.3. The van der Waals surface area contributed by atoms with Crippen LogP contribution in [0.1, 0.15) is 15.9 Å². The van der Waals surface area contributed by atoms with Gasteiger partial charge in [0, 0.05) is 12.4 Å². The van der Waals surface area contributed by atoms with Gasteiger partial charge in [-0.1, -0.05) is 0 Å². The van der Waals surface area contributed by atoms with Crippen LogP contribution >= 0.6 is 0 Å². The number of nitrogens with zero attached hydrogens (tertiary/aromatic N) is 1. The summed E-state index contributed by atoms with van der Waals surface area (Å²) in [6.45, 7) is 0. The van der Waals surface area contributed by atoms with Crippen molar-refractivity contribution in [3.63, 3.8) is 0 Å². The smallest absolute Gasteiger partial charge is 0.417 e. The summed E-state index contributed by atoms with van der Waals surface area (Å²) in [6.07, 6.45) is -3.08. The third-order valence-electron chi connectivity index (χ3n) is 1.59. The van der Waals surface area contributed by atoms with Gasteiger partial charge in [0.2, 0.25) is 0 Å². The number of carbonyl (C=O) groups is 2. The van der Waals surface area contributed by atoms with Crippen LogP contribution in [-0.2, 0) is 18.8 Å². The number of carbonyl (C=O) groups excluding carboxylic acids is 2. The Morgan fingerprint density at radius 1 is 1.38 bits per heavy atom.